The molecular weight excluding hydrogens is 458 g/mol. The van der Waals surface area contributed by atoms with Crippen molar-refractivity contribution >= 4 is 34.6 Å². The summed E-state index contributed by atoms with van der Waals surface area (Å²) in [5.74, 6) is -1.39. The molecule has 2 aromatic carbocycles. The molecule has 34 heavy (non-hydrogen) atoms. The standard InChI is InChI=1S/C23H25N5O5S/c1-15(19(29)25-22-26-21(32-2)27-34-22)28(23(31)33-14-17-11-7-4-8-12-17)20(30)18(24)13-16-9-5-3-6-10-16/h3-12,15,18H,13-14,24H2,1-2H3,(H,25,26,27,29)/t15-,18-/m0/s1. The van der Waals surface area contributed by atoms with Gasteiger partial charge in [-0.3, -0.25) is 14.9 Å². The molecule has 0 radical (unpaired) electrons. The summed E-state index contributed by atoms with van der Waals surface area (Å²) in [7, 11) is 1.40. The highest BCUT2D eigenvalue weighted by atomic mass is 32.1. The van der Waals surface area contributed by atoms with Crippen molar-refractivity contribution in [2.45, 2.75) is 32.0 Å². The van der Waals surface area contributed by atoms with Crippen LogP contribution in [0.5, 0.6) is 6.01 Å². The summed E-state index contributed by atoms with van der Waals surface area (Å²) in [5, 5.41) is 2.69. The van der Waals surface area contributed by atoms with Gasteiger partial charge in [0.05, 0.1) is 13.2 Å². The van der Waals surface area contributed by atoms with Crippen LogP contribution in [0, 0.1) is 0 Å². The van der Waals surface area contributed by atoms with Crippen LogP contribution in [0.3, 0.4) is 0 Å². The van der Waals surface area contributed by atoms with E-state index in [0.29, 0.717) is 0 Å². The minimum Gasteiger partial charge on any atom is -0.466 e. The van der Waals surface area contributed by atoms with Gasteiger partial charge >= 0.3 is 12.1 Å². The van der Waals surface area contributed by atoms with Crippen LogP contribution >= 0.6 is 11.5 Å². The molecule has 11 heteroatoms. The zero-order chi connectivity index (χ0) is 24.5. The molecule has 0 aliphatic carbocycles. The van der Waals surface area contributed by atoms with Gasteiger partial charge in [-0.15, -0.1) is 4.37 Å². The van der Waals surface area contributed by atoms with Gasteiger partial charge in [-0.25, -0.2) is 9.69 Å². The highest BCUT2D eigenvalue weighted by molar-refractivity contribution is 7.10. The van der Waals surface area contributed by atoms with Crippen LogP contribution in [0.4, 0.5) is 9.93 Å². The van der Waals surface area contributed by atoms with Crippen molar-refractivity contribution < 1.29 is 23.9 Å². The topological polar surface area (TPSA) is 137 Å². The Kier molecular flexibility index (Phi) is 8.66. The van der Waals surface area contributed by atoms with Crippen molar-refractivity contribution in [3.63, 3.8) is 0 Å². The maximum atomic E-state index is 13.2. The fourth-order valence-corrected chi connectivity index (χ4v) is 3.58. The van der Waals surface area contributed by atoms with Crippen LogP contribution in [-0.2, 0) is 27.4 Å². The number of methoxy groups -OCH3 is 1. The second kappa shape index (κ2) is 11.9. The molecule has 0 spiro atoms. The average Bonchev–Trinajstić information content (AvgIpc) is 3.31. The summed E-state index contributed by atoms with van der Waals surface area (Å²) in [6.07, 6.45) is -0.792. The molecule has 178 valence electrons. The van der Waals surface area contributed by atoms with Crippen LogP contribution < -0.4 is 15.8 Å². The molecule has 3 aromatic rings. The van der Waals surface area contributed by atoms with Gasteiger partial charge in [-0.2, -0.15) is 4.98 Å². The molecule has 0 aliphatic heterocycles. The fraction of sp³-hybridized carbons (Fsp3) is 0.261. The Morgan fingerprint density at radius 2 is 1.68 bits per heavy atom. The predicted molar refractivity (Wildman–Crippen MR) is 126 cm³/mol. The number of hydrogen-bond acceptors (Lipinski definition) is 9. The van der Waals surface area contributed by atoms with E-state index in [0.717, 1.165) is 27.6 Å². The molecular formula is C23H25N5O5S. The van der Waals surface area contributed by atoms with Gasteiger partial charge in [0, 0.05) is 11.5 Å². The zero-order valence-corrected chi connectivity index (χ0v) is 19.5. The quantitative estimate of drug-likeness (QED) is 0.474. The number of benzene rings is 2. The van der Waals surface area contributed by atoms with E-state index in [1.165, 1.54) is 14.0 Å². The van der Waals surface area contributed by atoms with Gasteiger partial charge in [0.2, 0.25) is 16.9 Å². The monoisotopic (exact) mass is 483 g/mol. The first-order valence-electron chi connectivity index (χ1n) is 10.4. The highest BCUT2D eigenvalue weighted by Gasteiger charge is 2.36. The Labute approximate surface area is 200 Å². The van der Waals surface area contributed by atoms with Gasteiger partial charge in [0.25, 0.3) is 0 Å². The number of hydrogen-bond donors (Lipinski definition) is 2. The number of imide groups is 1. The summed E-state index contributed by atoms with van der Waals surface area (Å²) in [6.45, 7) is 1.34. The fourth-order valence-electron chi connectivity index (χ4n) is 3.03. The molecule has 1 heterocycles. The Hall–Kier alpha value is -3.83. The second-order valence-electron chi connectivity index (χ2n) is 7.30. The summed E-state index contributed by atoms with van der Waals surface area (Å²) >= 11 is 0.902. The maximum Gasteiger partial charge on any atom is 0.417 e. The van der Waals surface area contributed by atoms with E-state index in [2.05, 4.69) is 14.7 Å². The number of carbonyl (C=O) groups excluding carboxylic acids is 3. The third-order valence-electron chi connectivity index (χ3n) is 4.84. The SMILES string of the molecule is COc1nsc(NC(=O)[C@H](C)N(C(=O)OCc2ccccc2)C(=O)[C@@H](N)Cc2ccccc2)n1. The van der Waals surface area contributed by atoms with E-state index in [1.54, 1.807) is 24.3 Å². The number of ether oxygens (including phenoxy) is 2. The van der Waals surface area contributed by atoms with Gasteiger partial charge in [-0.1, -0.05) is 60.7 Å². The predicted octanol–water partition coefficient (Wildman–Crippen LogP) is 2.61. The minimum atomic E-state index is -1.23. The molecule has 0 fully saturated rings. The zero-order valence-electron chi connectivity index (χ0n) is 18.7. The lowest BCUT2D eigenvalue weighted by Gasteiger charge is -2.28. The van der Waals surface area contributed by atoms with Crippen LogP contribution in [-0.4, -0.2) is 51.4 Å². The maximum absolute atomic E-state index is 13.2. The average molecular weight is 484 g/mol. The first kappa shape index (κ1) is 24.8. The van der Waals surface area contributed by atoms with E-state index in [1.807, 2.05) is 36.4 Å². The van der Waals surface area contributed by atoms with Crippen molar-refractivity contribution in [1.29, 1.82) is 0 Å². The Bertz CT molecular complexity index is 1110. The molecule has 2 atom stereocenters. The lowest BCUT2D eigenvalue weighted by molar-refractivity contribution is -0.137. The third kappa shape index (κ3) is 6.59. The van der Waals surface area contributed by atoms with Crippen molar-refractivity contribution in [3.8, 4) is 6.01 Å². The number of carbonyl (C=O) groups is 3. The first-order chi connectivity index (χ1) is 16.4. The summed E-state index contributed by atoms with van der Waals surface area (Å²) in [5.41, 5.74) is 7.69. The van der Waals surface area contributed by atoms with Crippen LogP contribution in [0.2, 0.25) is 0 Å². The van der Waals surface area contributed by atoms with Crippen molar-refractivity contribution in [3.05, 3.63) is 71.8 Å². The summed E-state index contributed by atoms with van der Waals surface area (Å²) in [4.78, 5) is 43.8. The number of nitrogens with two attached hydrogens (primary N) is 1. The molecule has 3 N–H and O–H groups in total. The molecule has 3 rings (SSSR count). The molecule has 1 aromatic heterocycles. The van der Waals surface area contributed by atoms with Gasteiger partial charge in [0.15, 0.2) is 0 Å². The molecule has 0 saturated heterocycles. The van der Waals surface area contributed by atoms with Crippen molar-refractivity contribution in [2.75, 3.05) is 12.4 Å². The summed E-state index contributed by atoms with van der Waals surface area (Å²) in [6, 6.07) is 15.9. The van der Waals surface area contributed by atoms with Gasteiger partial charge < -0.3 is 15.2 Å². The minimum absolute atomic E-state index is 0.0701. The van der Waals surface area contributed by atoms with Crippen molar-refractivity contribution in [1.82, 2.24) is 14.3 Å². The molecule has 0 unspecified atom stereocenters. The normalized spacial score (nSPS) is 12.3. The van der Waals surface area contributed by atoms with Crippen LogP contribution in [0.15, 0.2) is 60.7 Å². The Morgan fingerprint density at radius 1 is 1.06 bits per heavy atom. The lowest BCUT2D eigenvalue weighted by atomic mass is 10.0. The number of amides is 3. The van der Waals surface area contributed by atoms with E-state index in [-0.39, 0.29) is 24.2 Å². The van der Waals surface area contributed by atoms with Crippen molar-refractivity contribution in [2.24, 2.45) is 5.73 Å². The Balaban J connectivity index is 1.76. The highest BCUT2D eigenvalue weighted by Crippen LogP contribution is 2.17. The lowest BCUT2D eigenvalue weighted by Crippen LogP contribution is -2.55. The van der Waals surface area contributed by atoms with E-state index >= 15 is 0 Å². The smallest absolute Gasteiger partial charge is 0.417 e. The Morgan fingerprint density at radius 3 is 2.26 bits per heavy atom. The second-order valence-corrected chi connectivity index (χ2v) is 8.05. The van der Waals surface area contributed by atoms with Crippen LogP contribution in [0.1, 0.15) is 18.1 Å². The number of aromatic nitrogens is 2. The van der Waals surface area contributed by atoms with Gasteiger partial charge in [-0.05, 0) is 24.5 Å². The third-order valence-corrected chi connectivity index (χ3v) is 5.46. The van der Waals surface area contributed by atoms with Crippen LogP contribution in [0.25, 0.3) is 0 Å². The molecule has 3 amide bonds. The number of nitrogens with one attached hydrogen (secondary N) is 1. The molecule has 0 bridgehead atoms. The van der Waals surface area contributed by atoms with Gasteiger partial charge in [0.1, 0.15) is 12.6 Å². The summed E-state index contributed by atoms with van der Waals surface area (Å²) < 4.78 is 14.1. The largest absolute Gasteiger partial charge is 0.466 e. The molecule has 10 nitrogen and oxygen atoms in total. The first-order valence-corrected chi connectivity index (χ1v) is 11.2. The molecule has 0 saturated carbocycles. The number of rotatable bonds is 9. The van der Waals surface area contributed by atoms with E-state index in [9.17, 15) is 14.4 Å². The number of nitrogens with zero attached hydrogens (tertiary/aromatic N) is 3. The van der Waals surface area contributed by atoms with E-state index in [4.69, 9.17) is 15.2 Å². The van der Waals surface area contributed by atoms with E-state index < -0.39 is 30.0 Å². The molecule has 0 aliphatic rings. The number of anilines is 1.